The minimum atomic E-state index is -0.277. The van der Waals surface area contributed by atoms with Crippen molar-refractivity contribution < 1.29 is 19.1 Å². The summed E-state index contributed by atoms with van der Waals surface area (Å²) >= 11 is 0. The molecule has 2 fully saturated rings. The van der Waals surface area contributed by atoms with Crippen molar-refractivity contribution in [3.05, 3.63) is 29.8 Å². The van der Waals surface area contributed by atoms with Crippen molar-refractivity contribution in [3.8, 4) is 5.75 Å². The van der Waals surface area contributed by atoms with Gasteiger partial charge in [0.05, 0.1) is 19.1 Å². The number of likely N-dealkylation sites (tertiary alicyclic amines) is 1. The lowest BCUT2D eigenvalue weighted by Crippen LogP contribution is -2.39. The highest BCUT2D eigenvalue weighted by atomic mass is 16.5. The molecule has 1 saturated heterocycles. The van der Waals surface area contributed by atoms with Gasteiger partial charge in [0.15, 0.2) is 5.78 Å². The Morgan fingerprint density at radius 3 is 2.44 bits per heavy atom. The molecule has 0 spiro atoms. The van der Waals surface area contributed by atoms with Gasteiger partial charge in [0.2, 0.25) is 0 Å². The Labute approximate surface area is 162 Å². The summed E-state index contributed by atoms with van der Waals surface area (Å²) in [4.78, 5) is 27.0. The minimum absolute atomic E-state index is 0.0360. The van der Waals surface area contributed by atoms with Crippen LogP contribution in [0.5, 0.6) is 5.75 Å². The van der Waals surface area contributed by atoms with E-state index in [1.807, 2.05) is 12.1 Å². The van der Waals surface area contributed by atoms with Crippen molar-refractivity contribution in [2.24, 2.45) is 11.8 Å². The standard InChI is InChI=1S/C22H31NO4/c1-3-26-22(25)20-12-11-19(20)21(24)17-7-9-18(10-8-17)27-15-5-14-23-13-4-6-16(23)2/h7-10,16,19-20H,3-6,11-15H2,1-2H3. The topological polar surface area (TPSA) is 55.8 Å². The summed E-state index contributed by atoms with van der Waals surface area (Å²) in [6, 6.07) is 8.01. The normalized spacial score (nSPS) is 25.0. The second-order valence-electron chi connectivity index (χ2n) is 7.66. The van der Waals surface area contributed by atoms with Crippen LogP contribution in [0.25, 0.3) is 0 Å². The number of carbonyl (C=O) groups is 2. The fourth-order valence-corrected chi connectivity index (χ4v) is 4.06. The molecular formula is C22H31NO4. The highest BCUT2D eigenvalue weighted by molar-refractivity contribution is 6.01. The Bertz CT molecular complexity index is 642. The first-order valence-electron chi connectivity index (χ1n) is 10.3. The largest absolute Gasteiger partial charge is 0.494 e. The quantitative estimate of drug-likeness (QED) is 0.375. The third-order valence-corrected chi connectivity index (χ3v) is 5.89. The summed E-state index contributed by atoms with van der Waals surface area (Å²) in [5.74, 6) is 0.0689. The average molecular weight is 373 g/mol. The van der Waals surface area contributed by atoms with Gasteiger partial charge < -0.3 is 14.4 Å². The van der Waals surface area contributed by atoms with Crippen LogP contribution >= 0.6 is 0 Å². The molecule has 0 aromatic heterocycles. The van der Waals surface area contributed by atoms with Gasteiger partial charge in [-0.05, 0) is 76.8 Å². The van der Waals surface area contributed by atoms with Crippen molar-refractivity contribution in [1.29, 1.82) is 0 Å². The zero-order chi connectivity index (χ0) is 19.2. The molecule has 148 valence electrons. The van der Waals surface area contributed by atoms with E-state index in [1.54, 1.807) is 19.1 Å². The molecule has 0 amide bonds. The Morgan fingerprint density at radius 2 is 1.85 bits per heavy atom. The Balaban J connectivity index is 1.44. The number of hydrogen-bond donors (Lipinski definition) is 0. The third kappa shape index (κ3) is 4.89. The SMILES string of the molecule is CCOC(=O)C1CCC1C(=O)c1ccc(OCCCN2CCCC2C)cc1. The predicted octanol–water partition coefficient (Wildman–Crippen LogP) is 3.71. The van der Waals surface area contributed by atoms with Gasteiger partial charge in [-0.15, -0.1) is 0 Å². The van der Waals surface area contributed by atoms with E-state index < -0.39 is 0 Å². The van der Waals surface area contributed by atoms with E-state index in [-0.39, 0.29) is 23.6 Å². The summed E-state index contributed by atoms with van der Waals surface area (Å²) in [5.41, 5.74) is 0.646. The molecule has 0 bridgehead atoms. The highest BCUT2D eigenvalue weighted by Crippen LogP contribution is 2.37. The molecule has 1 aromatic carbocycles. The number of ether oxygens (including phenoxy) is 2. The van der Waals surface area contributed by atoms with E-state index >= 15 is 0 Å². The van der Waals surface area contributed by atoms with Crippen LogP contribution in [0.1, 0.15) is 56.3 Å². The maximum absolute atomic E-state index is 12.6. The summed E-state index contributed by atoms with van der Waals surface area (Å²) in [7, 11) is 0. The second kappa shape index (κ2) is 9.36. The molecule has 3 rings (SSSR count). The molecular weight excluding hydrogens is 342 g/mol. The molecule has 1 aromatic rings. The van der Waals surface area contributed by atoms with Gasteiger partial charge in [-0.2, -0.15) is 0 Å². The van der Waals surface area contributed by atoms with Crippen molar-refractivity contribution >= 4 is 11.8 Å². The molecule has 0 radical (unpaired) electrons. The van der Waals surface area contributed by atoms with Crippen molar-refractivity contribution in [2.75, 3.05) is 26.3 Å². The lowest BCUT2D eigenvalue weighted by atomic mass is 9.70. The van der Waals surface area contributed by atoms with Crippen molar-refractivity contribution in [2.45, 2.75) is 52.0 Å². The molecule has 1 saturated carbocycles. The predicted molar refractivity (Wildman–Crippen MR) is 104 cm³/mol. The molecule has 1 heterocycles. The van der Waals surface area contributed by atoms with E-state index in [4.69, 9.17) is 9.47 Å². The number of carbonyl (C=O) groups excluding carboxylic acids is 2. The number of rotatable bonds is 9. The van der Waals surface area contributed by atoms with Crippen molar-refractivity contribution in [1.82, 2.24) is 4.90 Å². The summed E-state index contributed by atoms with van der Waals surface area (Å²) < 4.78 is 10.9. The number of Topliss-reactive ketones (excluding diaryl/α,β-unsaturated/α-hetero) is 1. The minimum Gasteiger partial charge on any atom is -0.494 e. The average Bonchev–Trinajstić information content (AvgIpc) is 3.03. The van der Waals surface area contributed by atoms with Gasteiger partial charge in [-0.1, -0.05) is 0 Å². The second-order valence-corrected chi connectivity index (χ2v) is 7.66. The molecule has 2 aliphatic rings. The van der Waals surface area contributed by atoms with Gasteiger partial charge in [-0.25, -0.2) is 0 Å². The van der Waals surface area contributed by atoms with Crippen molar-refractivity contribution in [3.63, 3.8) is 0 Å². The first-order valence-corrected chi connectivity index (χ1v) is 10.3. The molecule has 3 unspecified atom stereocenters. The monoisotopic (exact) mass is 373 g/mol. The Kier molecular flexibility index (Phi) is 6.89. The third-order valence-electron chi connectivity index (χ3n) is 5.89. The Morgan fingerprint density at radius 1 is 1.11 bits per heavy atom. The van der Waals surface area contributed by atoms with Gasteiger partial charge >= 0.3 is 5.97 Å². The smallest absolute Gasteiger partial charge is 0.309 e. The van der Waals surface area contributed by atoms with Gasteiger partial charge in [0.1, 0.15) is 5.75 Å². The van der Waals surface area contributed by atoms with E-state index in [9.17, 15) is 9.59 Å². The highest BCUT2D eigenvalue weighted by Gasteiger charge is 2.42. The number of nitrogens with zero attached hydrogens (tertiary/aromatic N) is 1. The van der Waals surface area contributed by atoms with Crippen LogP contribution in [0.4, 0.5) is 0 Å². The molecule has 3 atom stereocenters. The molecule has 27 heavy (non-hydrogen) atoms. The zero-order valence-corrected chi connectivity index (χ0v) is 16.5. The number of esters is 1. The van der Waals surface area contributed by atoms with Gasteiger partial charge in [0, 0.05) is 24.1 Å². The lowest BCUT2D eigenvalue weighted by molar-refractivity contribution is -0.153. The molecule has 1 aliphatic carbocycles. The van der Waals surface area contributed by atoms with E-state index in [0.29, 0.717) is 24.8 Å². The van der Waals surface area contributed by atoms with Crippen LogP contribution < -0.4 is 4.74 Å². The lowest BCUT2D eigenvalue weighted by Gasteiger charge is -2.33. The fourth-order valence-electron chi connectivity index (χ4n) is 4.06. The zero-order valence-electron chi connectivity index (χ0n) is 16.5. The summed E-state index contributed by atoms with van der Waals surface area (Å²) in [6.45, 7) is 7.40. The summed E-state index contributed by atoms with van der Waals surface area (Å²) in [5, 5.41) is 0. The molecule has 5 nitrogen and oxygen atoms in total. The fraction of sp³-hybridized carbons (Fsp3) is 0.636. The van der Waals surface area contributed by atoms with Crippen LogP contribution in [0.3, 0.4) is 0 Å². The Hall–Kier alpha value is -1.88. The molecule has 0 N–H and O–H groups in total. The number of ketones is 1. The maximum atomic E-state index is 12.6. The maximum Gasteiger partial charge on any atom is 0.309 e. The van der Waals surface area contributed by atoms with Gasteiger partial charge in [0.25, 0.3) is 0 Å². The molecule has 5 heteroatoms. The van der Waals surface area contributed by atoms with Crippen LogP contribution in [0.15, 0.2) is 24.3 Å². The van der Waals surface area contributed by atoms with Crippen LogP contribution in [-0.2, 0) is 9.53 Å². The van der Waals surface area contributed by atoms with Crippen LogP contribution in [-0.4, -0.2) is 49.0 Å². The molecule has 1 aliphatic heterocycles. The van der Waals surface area contributed by atoms with E-state index in [0.717, 1.165) is 31.6 Å². The summed E-state index contributed by atoms with van der Waals surface area (Å²) in [6.07, 6.45) is 5.11. The number of hydrogen-bond acceptors (Lipinski definition) is 5. The first-order chi connectivity index (χ1) is 13.1. The van der Waals surface area contributed by atoms with Gasteiger partial charge in [-0.3, -0.25) is 9.59 Å². The van der Waals surface area contributed by atoms with Crippen LogP contribution in [0, 0.1) is 11.8 Å². The van der Waals surface area contributed by atoms with E-state index in [1.165, 1.54) is 19.4 Å². The van der Waals surface area contributed by atoms with Crippen LogP contribution in [0.2, 0.25) is 0 Å². The number of benzene rings is 1. The van der Waals surface area contributed by atoms with E-state index in [2.05, 4.69) is 11.8 Å². The first kappa shape index (κ1) is 19.9.